The number of sulfone groups is 1. The molecule has 2 rings (SSSR count). The fourth-order valence-corrected chi connectivity index (χ4v) is 4.08. The first-order valence-corrected chi connectivity index (χ1v) is 11.6. The summed E-state index contributed by atoms with van der Waals surface area (Å²) in [7, 11) is 0.635. The Labute approximate surface area is 167 Å². The standard InChI is InChI=1S/C19H32FN5O2S/c1-21-19(22-7-10-25-9-4-8-24(2)11-12-25)23-14-17-13-18(20)6-5-16(17)15-28(3,26)27/h5-6,13H,4,7-12,14-15H2,1-3H3,(H2,21,22,23). The van der Waals surface area contributed by atoms with E-state index in [0.717, 1.165) is 39.3 Å². The Morgan fingerprint density at radius 2 is 1.96 bits per heavy atom. The van der Waals surface area contributed by atoms with E-state index in [-0.39, 0.29) is 11.6 Å². The number of nitrogens with one attached hydrogen (secondary N) is 2. The van der Waals surface area contributed by atoms with Crippen molar-refractivity contribution >= 4 is 15.8 Å². The second-order valence-corrected chi connectivity index (χ2v) is 9.47. The lowest BCUT2D eigenvalue weighted by molar-refractivity contribution is 0.280. The predicted molar refractivity (Wildman–Crippen MR) is 112 cm³/mol. The van der Waals surface area contributed by atoms with E-state index in [9.17, 15) is 12.8 Å². The minimum absolute atomic E-state index is 0.111. The molecule has 2 N–H and O–H groups in total. The molecule has 9 heteroatoms. The molecule has 0 spiro atoms. The number of halogens is 1. The summed E-state index contributed by atoms with van der Waals surface area (Å²) < 4.78 is 36.8. The van der Waals surface area contributed by atoms with E-state index in [0.29, 0.717) is 23.6 Å². The lowest BCUT2D eigenvalue weighted by Crippen LogP contribution is -2.42. The second-order valence-electron chi connectivity index (χ2n) is 7.33. The Morgan fingerprint density at radius 3 is 2.68 bits per heavy atom. The Balaban J connectivity index is 1.86. The molecule has 0 aliphatic carbocycles. The van der Waals surface area contributed by atoms with E-state index < -0.39 is 9.84 Å². The summed E-state index contributed by atoms with van der Waals surface area (Å²) in [6, 6.07) is 4.18. The first-order chi connectivity index (χ1) is 13.3. The average molecular weight is 414 g/mol. The first kappa shape index (κ1) is 22.6. The van der Waals surface area contributed by atoms with Gasteiger partial charge in [0.1, 0.15) is 5.82 Å². The lowest BCUT2D eigenvalue weighted by Gasteiger charge is -2.21. The van der Waals surface area contributed by atoms with Crippen LogP contribution in [0, 0.1) is 5.82 Å². The molecule has 1 aromatic rings. The molecule has 0 atom stereocenters. The summed E-state index contributed by atoms with van der Waals surface area (Å²) in [5.41, 5.74) is 1.21. The van der Waals surface area contributed by atoms with Gasteiger partial charge in [-0.1, -0.05) is 6.07 Å². The Morgan fingerprint density at radius 1 is 1.18 bits per heavy atom. The van der Waals surface area contributed by atoms with Gasteiger partial charge in [0, 0.05) is 46.0 Å². The maximum atomic E-state index is 13.6. The molecule has 1 aliphatic rings. The number of guanidine groups is 1. The molecule has 1 aliphatic heterocycles. The van der Waals surface area contributed by atoms with Gasteiger partial charge in [-0.05, 0) is 49.8 Å². The van der Waals surface area contributed by atoms with E-state index in [2.05, 4.69) is 32.5 Å². The normalized spacial score (nSPS) is 17.4. The number of nitrogens with zero attached hydrogens (tertiary/aromatic N) is 3. The molecule has 0 radical (unpaired) electrons. The molecule has 1 saturated heterocycles. The Bertz CT molecular complexity index is 770. The van der Waals surface area contributed by atoms with E-state index in [1.165, 1.54) is 30.9 Å². The molecule has 0 aromatic heterocycles. The van der Waals surface area contributed by atoms with Gasteiger partial charge >= 0.3 is 0 Å². The van der Waals surface area contributed by atoms with E-state index in [1.54, 1.807) is 7.05 Å². The Hall–Kier alpha value is -1.71. The van der Waals surface area contributed by atoms with Crippen molar-refractivity contribution in [3.8, 4) is 0 Å². The van der Waals surface area contributed by atoms with Crippen molar-refractivity contribution in [2.24, 2.45) is 4.99 Å². The highest BCUT2D eigenvalue weighted by atomic mass is 32.2. The molecule has 0 saturated carbocycles. The largest absolute Gasteiger partial charge is 0.355 e. The van der Waals surface area contributed by atoms with Crippen LogP contribution in [0.25, 0.3) is 0 Å². The van der Waals surface area contributed by atoms with Crippen LogP contribution in [-0.4, -0.2) is 83.8 Å². The van der Waals surface area contributed by atoms with Crippen molar-refractivity contribution in [3.05, 3.63) is 35.1 Å². The van der Waals surface area contributed by atoms with Crippen LogP contribution >= 0.6 is 0 Å². The van der Waals surface area contributed by atoms with Crippen LogP contribution in [-0.2, 0) is 22.1 Å². The molecule has 1 fully saturated rings. The predicted octanol–water partition coefficient (Wildman–Crippen LogP) is 0.673. The van der Waals surface area contributed by atoms with Crippen molar-refractivity contribution in [3.63, 3.8) is 0 Å². The van der Waals surface area contributed by atoms with Gasteiger partial charge in [0.25, 0.3) is 0 Å². The van der Waals surface area contributed by atoms with Crippen LogP contribution < -0.4 is 10.6 Å². The zero-order valence-electron chi connectivity index (χ0n) is 17.0. The van der Waals surface area contributed by atoms with Crippen LogP contribution in [0.4, 0.5) is 4.39 Å². The minimum atomic E-state index is -3.20. The summed E-state index contributed by atoms with van der Waals surface area (Å²) >= 11 is 0. The van der Waals surface area contributed by atoms with Crippen LogP contribution in [0.3, 0.4) is 0 Å². The zero-order valence-corrected chi connectivity index (χ0v) is 17.9. The summed E-state index contributed by atoms with van der Waals surface area (Å²) in [6.45, 7) is 6.35. The molecule has 7 nitrogen and oxygen atoms in total. The molecule has 1 aromatic carbocycles. The van der Waals surface area contributed by atoms with Gasteiger partial charge in [-0.2, -0.15) is 0 Å². The highest BCUT2D eigenvalue weighted by Crippen LogP contribution is 2.14. The molecule has 0 unspecified atom stereocenters. The van der Waals surface area contributed by atoms with E-state index in [1.807, 2.05) is 0 Å². The third-order valence-electron chi connectivity index (χ3n) is 4.79. The van der Waals surface area contributed by atoms with Crippen LogP contribution in [0.5, 0.6) is 0 Å². The van der Waals surface area contributed by atoms with Gasteiger partial charge in [-0.3, -0.25) is 4.99 Å². The molecule has 1 heterocycles. The summed E-state index contributed by atoms with van der Waals surface area (Å²) in [5, 5.41) is 6.42. The third-order valence-corrected chi connectivity index (χ3v) is 5.62. The topological polar surface area (TPSA) is 77.0 Å². The maximum absolute atomic E-state index is 13.6. The number of hydrogen-bond acceptors (Lipinski definition) is 5. The Kier molecular flexibility index (Phi) is 8.65. The van der Waals surface area contributed by atoms with Crippen molar-refractivity contribution in [1.29, 1.82) is 0 Å². The SMILES string of the molecule is CN=C(NCCN1CCCN(C)CC1)NCc1cc(F)ccc1CS(C)(=O)=O. The van der Waals surface area contributed by atoms with Crippen molar-refractivity contribution < 1.29 is 12.8 Å². The van der Waals surface area contributed by atoms with Gasteiger partial charge in [0.05, 0.1) is 5.75 Å². The highest BCUT2D eigenvalue weighted by molar-refractivity contribution is 7.89. The molecule has 158 valence electrons. The smallest absolute Gasteiger partial charge is 0.191 e. The van der Waals surface area contributed by atoms with Gasteiger partial charge in [-0.25, -0.2) is 12.8 Å². The number of aliphatic imine (C=N–C) groups is 1. The molecular formula is C19H32FN5O2S. The number of hydrogen-bond donors (Lipinski definition) is 2. The number of rotatable bonds is 7. The van der Waals surface area contributed by atoms with E-state index >= 15 is 0 Å². The first-order valence-electron chi connectivity index (χ1n) is 9.57. The summed E-state index contributed by atoms with van der Waals surface area (Å²) in [6.07, 6.45) is 2.35. The fourth-order valence-electron chi connectivity index (χ4n) is 3.24. The lowest BCUT2D eigenvalue weighted by atomic mass is 10.1. The van der Waals surface area contributed by atoms with Crippen molar-refractivity contribution in [2.45, 2.75) is 18.7 Å². The third kappa shape index (κ3) is 8.12. The quantitative estimate of drug-likeness (QED) is 0.506. The summed E-state index contributed by atoms with van der Waals surface area (Å²) in [5.74, 6) is 0.115. The average Bonchev–Trinajstić information content (AvgIpc) is 2.83. The van der Waals surface area contributed by atoms with Crippen molar-refractivity contribution in [2.75, 3.05) is 59.6 Å². The van der Waals surface area contributed by atoms with Gasteiger partial charge < -0.3 is 20.4 Å². The van der Waals surface area contributed by atoms with Crippen LogP contribution in [0.15, 0.2) is 23.2 Å². The van der Waals surface area contributed by atoms with Gasteiger partial charge in [0.2, 0.25) is 0 Å². The number of benzene rings is 1. The number of likely N-dealkylation sites (N-methyl/N-ethyl adjacent to an activating group) is 1. The van der Waals surface area contributed by atoms with Crippen molar-refractivity contribution in [1.82, 2.24) is 20.4 Å². The molecule has 28 heavy (non-hydrogen) atoms. The van der Waals surface area contributed by atoms with Gasteiger partial charge in [-0.15, -0.1) is 0 Å². The molecule has 0 amide bonds. The monoisotopic (exact) mass is 413 g/mol. The fraction of sp³-hybridized carbons (Fsp3) is 0.632. The maximum Gasteiger partial charge on any atom is 0.191 e. The highest BCUT2D eigenvalue weighted by Gasteiger charge is 2.13. The molecule has 0 bridgehead atoms. The van der Waals surface area contributed by atoms with Gasteiger partial charge in [0.15, 0.2) is 15.8 Å². The van der Waals surface area contributed by atoms with E-state index in [4.69, 9.17) is 0 Å². The minimum Gasteiger partial charge on any atom is -0.355 e. The molecular weight excluding hydrogens is 381 g/mol. The van der Waals surface area contributed by atoms with Crippen LogP contribution in [0.1, 0.15) is 17.5 Å². The van der Waals surface area contributed by atoms with Crippen LogP contribution in [0.2, 0.25) is 0 Å². The second kappa shape index (κ2) is 10.7. The zero-order chi connectivity index (χ0) is 20.6. The summed E-state index contributed by atoms with van der Waals surface area (Å²) in [4.78, 5) is 8.98.